The van der Waals surface area contributed by atoms with E-state index in [0.29, 0.717) is 16.9 Å². The zero-order valence-corrected chi connectivity index (χ0v) is 11.0. The van der Waals surface area contributed by atoms with Crippen LogP contribution < -0.4 is 11.1 Å². The van der Waals surface area contributed by atoms with Crippen molar-refractivity contribution in [3.63, 3.8) is 0 Å². The summed E-state index contributed by atoms with van der Waals surface area (Å²) in [5.41, 5.74) is 7.03. The first kappa shape index (κ1) is 12.8. The van der Waals surface area contributed by atoms with Gasteiger partial charge in [-0.3, -0.25) is 0 Å². The number of hydrogen-bond donors (Lipinski definition) is 2. The lowest BCUT2D eigenvalue weighted by Gasteiger charge is -2.10. The molecular formula is C13H11BrF2N2. The molecular weight excluding hydrogens is 302 g/mol. The molecule has 0 aliphatic rings. The molecule has 0 atom stereocenters. The second-order valence-corrected chi connectivity index (χ2v) is 4.74. The third kappa shape index (κ3) is 2.98. The Labute approximate surface area is 112 Å². The number of anilines is 2. The summed E-state index contributed by atoms with van der Waals surface area (Å²) in [6.45, 7) is 0.279. The quantitative estimate of drug-likeness (QED) is 0.843. The maximum absolute atomic E-state index is 13.5. The first-order valence-corrected chi connectivity index (χ1v) is 6.08. The Balaban J connectivity index is 2.13. The minimum atomic E-state index is -0.397. The zero-order valence-electron chi connectivity index (χ0n) is 9.38. The molecule has 3 N–H and O–H groups in total. The predicted octanol–water partition coefficient (Wildman–Crippen LogP) is 3.92. The topological polar surface area (TPSA) is 38.0 Å². The summed E-state index contributed by atoms with van der Waals surface area (Å²) in [6, 6.07) is 8.75. The number of rotatable bonds is 3. The van der Waals surface area contributed by atoms with Crippen molar-refractivity contribution in [1.29, 1.82) is 0 Å². The van der Waals surface area contributed by atoms with Crippen LogP contribution >= 0.6 is 15.9 Å². The summed E-state index contributed by atoms with van der Waals surface area (Å²) in [7, 11) is 0. The smallest absolute Gasteiger partial charge is 0.128 e. The molecule has 0 aliphatic heterocycles. The van der Waals surface area contributed by atoms with E-state index in [1.54, 1.807) is 12.1 Å². The van der Waals surface area contributed by atoms with Crippen molar-refractivity contribution < 1.29 is 8.78 Å². The highest BCUT2D eigenvalue weighted by Gasteiger charge is 2.04. The molecule has 0 amide bonds. The molecule has 2 aromatic carbocycles. The van der Waals surface area contributed by atoms with Crippen molar-refractivity contribution in [2.45, 2.75) is 6.54 Å². The van der Waals surface area contributed by atoms with Gasteiger partial charge in [-0.05, 0) is 36.4 Å². The molecule has 2 nitrogen and oxygen atoms in total. The molecule has 0 unspecified atom stereocenters. The lowest BCUT2D eigenvalue weighted by atomic mass is 10.2. The molecule has 0 aromatic heterocycles. The summed E-state index contributed by atoms with van der Waals surface area (Å²) < 4.78 is 27.1. The van der Waals surface area contributed by atoms with Crippen molar-refractivity contribution in [2.24, 2.45) is 0 Å². The van der Waals surface area contributed by atoms with E-state index in [0.717, 1.165) is 4.47 Å². The largest absolute Gasteiger partial charge is 0.397 e. The highest BCUT2D eigenvalue weighted by molar-refractivity contribution is 9.10. The van der Waals surface area contributed by atoms with Crippen LogP contribution in [0.1, 0.15) is 5.56 Å². The highest BCUT2D eigenvalue weighted by Crippen LogP contribution is 2.21. The monoisotopic (exact) mass is 312 g/mol. The fourth-order valence-electron chi connectivity index (χ4n) is 1.56. The lowest BCUT2D eigenvalue weighted by molar-refractivity contribution is 0.612. The zero-order chi connectivity index (χ0) is 13.1. The van der Waals surface area contributed by atoms with Crippen LogP contribution in [0.4, 0.5) is 20.2 Å². The van der Waals surface area contributed by atoms with Crippen molar-refractivity contribution in [3.05, 3.63) is 58.1 Å². The van der Waals surface area contributed by atoms with Crippen LogP contribution in [-0.2, 0) is 6.54 Å². The summed E-state index contributed by atoms with van der Waals surface area (Å²) in [5.74, 6) is -0.696. The van der Waals surface area contributed by atoms with Crippen LogP contribution in [0, 0.1) is 11.6 Å². The van der Waals surface area contributed by atoms with E-state index in [1.165, 1.54) is 24.3 Å². The van der Waals surface area contributed by atoms with Gasteiger partial charge in [0.15, 0.2) is 0 Å². The molecule has 0 heterocycles. The fourth-order valence-corrected chi connectivity index (χ4v) is 1.97. The summed E-state index contributed by atoms with van der Waals surface area (Å²) in [6.07, 6.45) is 0. The highest BCUT2D eigenvalue weighted by atomic mass is 79.9. The molecule has 0 aliphatic carbocycles. The van der Waals surface area contributed by atoms with Crippen LogP contribution in [0.2, 0.25) is 0 Å². The van der Waals surface area contributed by atoms with E-state index in [4.69, 9.17) is 5.73 Å². The van der Waals surface area contributed by atoms with Gasteiger partial charge < -0.3 is 11.1 Å². The molecule has 18 heavy (non-hydrogen) atoms. The minimum Gasteiger partial charge on any atom is -0.397 e. The van der Waals surface area contributed by atoms with Crippen molar-refractivity contribution in [2.75, 3.05) is 11.1 Å². The summed E-state index contributed by atoms with van der Waals surface area (Å²) in [4.78, 5) is 0. The molecule has 0 saturated heterocycles. The van der Waals surface area contributed by atoms with Crippen molar-refractivity contribution in [1.82, 2.24) is 0 Å². The molecule has 0 radical (unpaired) electrons. The van der Waals surface area contributed by atoms with E-state index in [2.05, 4.69) is 21.2 Å². The maximum Gasteiger partial charge on any atom is 0.128 e. The normalized spacial score (nSPS) is 10.4. The van der Waals surface area contributed by atoms with Gasteiger partial charge in [-0.1, -0.05) is 15.9 Å². The Morgan fingerprint density at radius 2 is 1.89 bits per heavy atom. The van der Waals surface area contributed by atoms with Gasteiger partial charge >= 0.3 is 0 Å². The number of halogens is 3. The first-order chi connectivity index (χ1) is 8.56. The third-order valence-electron chi connectivity index (χ3n) is 2.49. The number of hydrogen-bond acceptors (Lipinski definition) is 2. The van der Waals surface area contributed by atoms with Gasteiger partial charge in [0.1, 0.15) is 11.6 Å². The van der Waals surface area contributed by atoms with E-state index >= 15 is 0 Å². The Morgan fingerprint density at radius 3 is 2.61 bits per heavy atom. The molecule has 0 saturated carbocycles. The van der Waals surface area contributed by atoms with E-state index in [1.807, 2.05) is 0 Å². The molecule has 2 aromatic rings. The van der Waals surface area contributed by atoms with Crippen LogP contribution in [-0.4, -0.2) is 0 Å². The van der Waals surface area contributed by atoms with E-state index in [9.17, 15) is 8.78 Å². The standard InChI is InChI=1S/C13H11BrF2N2/c14-9-1-3-11(16)8(5-9)7-18-13-4-2-10(15)6-12(13)17/h1-6,18H,7,17H2. The van der Waals surface area contributed by atoms with E-state index < -0.39 is 5.82 Å². The molecule has 0 spiro atoms. The second kappa shape index (κ2) is 5.35. The lowest BCUT2D eigenvalue weighted by Crippen LogP contribution is -2.04. The van der Waals surface area contributed by atoms with Crippen molar-refractivity contribution in [3.8, 4) is 0 Å². The first-order valence-electron chi connectivity index (χ1n) is 5.29. The van der Waals surface area contributed by atoms with E-state index in [-0.39, 0.29) is 12.4 Å². The van der Waals surface area contributed by atoms with Gasteiger partial charge in [0.2, 0.25) is 0 Å². The molecule has 2 rings (SSSR count). The summed E-state index contributed by atoms with van der Waals surface area (Å²) >= 11 is 3.28. The Morgan fingerprint density at radius 1 is 1.11 bits per heavy atom. The fraction of sp³-hybridized carbons (Fsp3) is 0.0769. The number of nitrogens with one attached hydrogen (secondary N) is 1. The average Bonchev–Trinajstić information content (AvgIpc) is 2.32. The van der Waals surface area contributed by atoms with Crippen LogP contribution in [0.25, 0.3) is 0 Å². The summed E-state index contributed by atoms with van der Waals surface area (Å²) in [5, 5.41) is 2.97. The van der Waals surface area contributed by atoms with Gasteiger partial charge in [0.25, 0.3) is 0 Å². The second-order valence-electron chi connectivity index (χ2n) is 3.82. The third-order valence-corrected chi connectivity index (χ3v) is 2.98. The molecule has 0 fully saturated rings. The van der Waals surface area contributed by atoms with Crippen LogP contribution in [0.15, 0.2) is 40.9 Å². The number of nitrogens with two attached hydrogens (primary N) is 1. The Kier molecular flexibility index (Phi) is 3.81. The van der Waals surface area contributed by atoms with Crippen LogP contribution in [0.5, 0.6) is 0 Å². The van der Waals surface area contributed by atoms with Gasteiger partial charge in [-0.25, -0.2) is 8.78 Å². The van der Waals surface area contributed by atoms with Crippen molar-refractivity contribution >= 4 is 27.3 Å². The number of benzene rings is 2. The Bertz CT molecular complexity index is 573. The van der Waals surface area contributed by atoms with Crippen LogP contribution in [0.3, 0.4) is 0 Å². The Hall–Kier alpha value is -1.62. The number of nitrogen functional groups attached to an aromatic ring is 1. The van der Waals surface area contributed by atoms with Gasteiger partial charge in [0, 0.05) is 16.6 Å². The molecule has 5 heteroatoms. The average molecular weight is 313 g/mol. The van der Waals surface area contributed by atoms with Gasteiger partial charge in [-0.2, -0.15) is 0 Å². The predicted molar refractivity (Wildman–Crippen MR) is 72.2 cm³/mol. The maximum atomic E-state index is 13.5. The van der Waals surface area contributed by atoms with Gasteiger partial charge in [-0.15, -0.1) is 0 Å². The SMILES string of the molecule is Nc1cc(F)ccc1NCc1cc(Br)ccc1F. The minimum absolute atomic E-state index is 0.279. The van der Waals surface area contributed by atoms with Gasteiger partial charge in [0.05, 0.1) is 11.4 Å². The molecule has 0 bridgehead atoms. The molecule has 94 valence electrons.